The Morgan fingerprint density at radius 1 is 1.19 bits per heavy atom. The second kappa shape index (κ2) is 5.58. The number of rotatable bonds is 3. The van der Waals surface area contributed by atoms with E-state index in [0.717, 1.165) is 51.4 Å². The molecule has 1 saturated heterocycles. The molecule has 1 aromatic rings. The van der Waals surface area contributed by atoms with Gasteiger partial charge in [-0.2, -0.15) is 0 Å². The zero-order chi connectivity index (χ0) is 15.0. The molecular formula is C17H26N2O2. The Morgan fingerprint density at radius 2 is 1.90 bits per heavy atom. The highest BCUT2D eigenvalue weighted by atomic mass is 16.5. The van der Waals surface area contributed by atoms with Gasteiger partial charge in [0.15, 0.2) is 5.78 Å². The van der Waals surface area contributed by atoms with Crippen LogP contribution in [0.1, 0.15) is 42.0 Å². The summed E-state index contributed by atoms with van der Waals surface area (Å²) in [6, 6.07) is 2.09. The molecule has 0 saturated carbocycles. The maximum atomic E-state index is 12.3. The lowest BCUT2D eigenvalue weighted by Crippen LogP contribution is -2.38. The van der Waals surface area contributed by atoms with Crippen LogP contribution in [-0.2, 0) is 17.7 Å². The van der Waals surface area contributed by atoms with E-state index >= 15 is 0 Å². The van der Waals surface area contributed by atoms with E-state index in [0.29, 0.717) is 12.2 Å². The van der Waals surface area contributed by atoms with E-state index in [1.165, 1.54) is 11.4 Å². The third-order valence-corrected chi connectivity index (χ3v) is 4.74. The van der Waals surface area contributed by atoms with Gasteiger partial charge in [0, 0.05) is 49.6 Å². The second-order valence-corrected chi connectivity index (χ2v) is 7.19. The third kappa shape index (κ3) is 3.06. The van der Waals surface area contributed by atoms with E-state index in [2.05, 4.69) is 36.3 Å². The Balaban J connectivity index is 1.78. The molecular weight excluding hydrogens is 264 g/mol. The predicted octanol–water partition coefficient (Wildman–Crippen LogP) is 2.28. The molecule has 0 N–H and O–H groups in total. The number of ether oxygens (including phenoxy) is 1. The Kier molecular flexibility index (Phi) is 3.93. The summed E-state index contributed by atoms with van der Waals surface area (Å²) in [6.45, 7) is 12.3. The molecule has 1 fully saturated rings. The van der Waals surface area contributed by atoms with Gasteiger partial charge in [-0.25, -0.2) is 0 Å². The first-order chi connectivity index (χ1) is 9.96. The normalized spacial score (nSPS) is 22.3. The van der Waals surface area contributed by atoms with Crippen molar-refractivity contribution in [2.24, 2.45) is 5.41 Å². The van der Waals surface area contributed by atoms with Crippen LogP contribution in [0.25, 0.3) is 0 Å². The molecule has 1 aliphatic carbocycles. The van der Waals surface area contributed by atoms with Crippen molar-refractivity contribution in [3.63, 3.8) is 0 Å². The number of ketones is 1. The van der Waals surface area contributed by atoms with Crippen molar-refractivity contribution in [3.05, 3.63) is 23.0 Å². The zero-order valence-electron chi connectivity index (χ0n) is 13.4. The number of nitrogens with zero attached hydrogens (tertiary/aromatic N) is 2. The van der Waals surface area contributed by atoms with Crippen LogP contribution in [-0.4, -0.2) is 48.1 Å². The molecule has 0 unspecified atom stereocenters. The number of carbonyl (C=O) groups excluding carboxylic acids is 1. The fourth-order valence-corrected chi connectivity index (χ4v) is 3.58. The average Bonchev–Trinajstić information content (AvgIpc) is 2.73. The number of hydrogen-bond donors (Lipinski definition) is 0. The highest BCUT2D eigenvalue weighted by Crippen LogP contribution is 2.36. The van der Waals surface area contributed by atoms with Crippen LogP contribution in [0.15, 0.2) is 6.07 Å². The molecule has 0 amide bonds. The fourth-order valence-electron chi connectivity index (χ4n) is 3.58. The van der Waals surface area contributed by atoms with Crippen molar-refractivity contribution < 1.29 is 9.53 Å². The first kappa shape index (κ1) is 14.8. The SMILES string of the molecule is Cc1cc2c(n1CCN1CCOCC1)CC(C)(C)CC2=O. The Hall–Kier alpha value is -1.13. The van der Waals surface area contributed by atoms with Crippen molar-refractivity contribution in [3.8, 4) is 0 Å². The van der Waals surface area contributed by atoms with Gasteiger partial charge < -0.3 is 9.30 Å². The highest BCUT2D eigenvalue weighted by molar-refractivity contribution is 5.99. The van der Waals surface area contributed by atoms with E-state index in [4.69, 9.17) is 4.74 Å². The lowest BCUT2D eigenvalue weighted by molar-refractivity contribution is 0.0362. The highest BCUT2D eigenvalue weighted by Gasteiger charge is 2.33. The summed E-state index contributed by atoms with van der Waals surface area (Å²) in [5, 5.41) is 0. The van der Waals surface area contributed by atoms with Gasteiger partial charge in [-0.15, -0.1) is 0 Å². The van der Waals surface area contributed by atoms with Gasteiger partial charge in [0.2, 0.25) is 0 Å². The molecule has 1 aliphatic heterocycles. The molecule has 0 aromatic carbocycles. The minimum atomic E-state index is 0.0889. The fraction of sp³-hybridized carbons (Fsp3) is 0.706. The summed E-state index contributed by atoms with van der Waals surface area (Å²) in [5.41, 5.74) is 3.53. The largest absolute Gasteiger partial charge is 0.379 e. The Bertz CT molecular complexity index is 539. The summed E-state index contributed by atoms with van der Waals surface area (Å²) in [5.74, 6) is 0.314. The van der Waals surface area contributed by atoms with Gasteiger partial charge in [0.05, 0.1) is 13.2 Å². The minimum absolute atomic E-state index is 0.0889. The molecule has 0 bridgehead atoms. The van der Waals surface area contributed by atoms with Gasteiger partial charge in [0.25, 0.3) is 0 Å². The summed E-state index contributed by atoms with van der Waals surface area (Å²) < 4.78 is 7.76. The van der Waals surface area contributed by atoms with Gasteiger partial charge >= 0.3 is 0 Å². The van der Waals surface area contributed by atoms with Gasteiger partial charge in [0.1, 0.15) is 0 Å². The molecule has 4 nitrogen and oxygen atoms in total. The molecule has 4 heteroatoms. The molecule has 2 heterocycles. The van der Waals surface area contributed by atoms with Crippen molar-refractivity contribution in [2.75, 3.05) is 32.8 Å². The average molecular weight is 290 g/mol. The zero-order valence-corrected chi connectivity index (χ0v) is 13.4. The maximum Gasteiger partial charge on any atom is 0.165 e. The van der Waals surface area contributed by atoms with E-state index < -0.39 is 0 Å². The molecule has 21 heavy (non-hydrogen) atoms. The number of hydrogen-bond acceptors (Lipinski definition) is 3. The van der Waals surface area contributed by atoms with Gasteiger partial charge in [-0.1, -0.05) is 13.8 Å². The van der Waals surface area contributed by atoms with E-state index in [-0.39, 0.29) is 5.41 Å². The van der Waals surface area contributed by atoms with Crippen LogP contribution >= 0.6 is 0 Å². The predicted molar refractivity (Wildman–Crippen MR) is 82.9 cm³/mol. The van der Waals surface area contributed by atoms with Crippen LogP contribution in [0.3, 0.4) is 0 Å². The minimum Gasteiger partial charge on any atom is -0.379 e. The Labute approximate surface area is 127 Å². The lowest BCUT2D eigenvalue weighted by atomic mass is 9.76. The van der Waals surface area contributed by atoms with E-state index in [9.17, 15) is 4.79 Å². The third-order valence-electron chi connectivity index (χ3n) is 4.74. The second-order valence-electron chi connectivity index (χ2n) is 7.19. The van der Waals surface area contributed by atoms with Crippen molar-refractivity contribution >= 4 is 5.78 Å². The van der Waals surface area contributed by atoms with Crippen molar-refractivity contribution in [1.29, 1.82) is 0 Å². The van der Waals surface area contributed by atoms with E-state index in [1.54, 1.807) is 0 Å². The molecule has 0 atom stereocenters. The Morgan fingerprint density at radius 3 is 2.62 bits per heavy atom. The van der Waals surface area contributed by atoms with Crippen LogP contribution in [0.5, 0.6) is 0 Å². The lowest BCUT2D eigenvalue weighted by Gasteiger charge is -2.31. The number of aromatic nitrogens is 1. The standard InChI is InChI=1S/C17H26N2O2/c1-13-10-14-15(11-17(2,3)12-16(14)20)19(13)5-4-18-6-8-21-9-7-18/h10H,4-9,11-12H2,1-3H3. The maximum absolute atomic E-state index is 12.3. The molecule has 1 aromatic heterocycles. The molecule has 0 spiro atoms. The summed E-state index contributed by atoms with van der Waals surface area (Å²) in [6.07, 6.45) is 1.68. The quantitative estimate of drug-likeness (QED) is 0.856. The smallest absolute Gasteiger partial charge is 0.165 e. The number of morpholine rings is 1. The summed E-state index contributed by atoms with van der Waals surface area (Å²) >= 11 is 0. The van der Waals surface area contributed by atoms with Crippen molar-refractivity contribution in [2.45, 2.75) is 40.2 Å². The number of fused-ring (bicyclic) bond motifs is 1. The van der Waals surface area contributed by atoms with Crippen LogP contribution in [0, 0.1) is 12.3 Å². The molecule has 3 rings (SSSR count). The number of carbonyl (C=O) groups is 1. The number of Topliss-reactive ketones (excluding diaryl/α,β-unsaturated/α-hetero) is 1. The van der Waals surface area contributed by atoms with Crippen LogP contribution in [0.4, 0.5) is 0 Å². The van der Waals surface area contributed by atoms with Gasteiger partial charge in [-0.05, 0) is 24.8 Å². The topological polar surface area (TPSA) is 34.5 Å². The summed E-state index contributed by atoms with van der Waals surface area (Å²) in [4.78, 5) is 14.8. The molecule has 116 valence electrons. The summed E-state index contributed by atoms with van der Waals surface area (Å²) in [7, 11) is 0. The van der Waals surface area contributed by atoms with E-state index in [1.807, 2.05) is 0 Å². The monoisotopic (exact) mass is 290 g/mol. The molecule has 2 aliphatic rings. The van der Waals surface area contributed by atoms with Crippen LogP contribution in [0.2, 0.25) is 0 Å². The number of aryl methyl sites for hydroxylation is 1. The first-order valence-corrected chi connectivity index (χ1v) is 7.99. The van der Waals surface area contributed by atoms with Crippen LogP contribution < -0.4 is 0 Å². The van der Waals surface area contributed by atoms with Gasteiger partial charge in [-0.3, -0.25) is 9.69 Å². The first-order valence-electron chi connectivity index (χ1n) is 7.99. The molecule has 0 radical (unpaired) electrons. The van der Waals surface area contributed by atoms with Crippen molar-refractivity contribution in [1.82, 2.24) is 9.47 Å².